The lowest BCUT2D eigenvalue weighted by Gasteiger charge is -2.03. The van der Waals surface area contributed by atoms with Gasteiger partial charge < -0.3 is 0 Å². The monoisotopic (exact) mass is 269 g/mol. The van der Waals surface area contributed by atoms with Gasteiger partial charge >= 0.3 is 0 Å². The highest BCUT2D eigenvalue weighted by Crippen LogP contribution is 2.36. The standard InChI is InChI=1S/C17H19NS/c1-4-5-6-15-17-14(10-12(3)18-15)13-9-11(2)7-8-16(13)19-17/h7-10H,4-6H2,1-3H3. The lowest BCUT2D eigenvalue weighted by atomic mass is 10.1. The molecule has 2 aromatic heterocycles. The van der Waals surface area contributed by atoms with Crippen LogP contribution in [-0.2, 0) is 6.42 Å². The number of benzene rings is 1. The summed E-state index contributed by atoms with van der Waals surface area (Å²) in [7, 11) is 0. The van der Waals surface area contributed by atoms with E-state index < -0.39 is 0 Å². The van der Waals surface area contributed by atoms with Crippen molar-refractivity contribution in [3.8, 4) is 0 Å². The zero-order chi connectivity index (χ0) is 13.4. The number of hydrogen-bond acceptors (Lipinski definition) is 2. The first-order valence-electron chi connectivity index (χ1n) is 6.98. The molecular formula is C17H19NS. The minimum absolute atomic E-state index is 1.10. The van der Waals surface area contributed by atoms with Gasteiger partial charge in [-0.3, -0.25) is 4.98 Å². The zero-order valence-electron chi connectivity index (χ0n) is 11.8. The molecule has 0 N–H and O–H groups in total. The van der Waals surface area contributed by atoms with Gasteiger partial charge in [0.1, 0.15) is 0 Å². The number of pyridine rings is 1. The summed E-state index contributed by atoms with van der Waals surface area (Å²) in [5, 5.41) is 2.78. The van der Waals surface area contributed by atoms with Gasteiger partial charge in [0.25, 0.3) is 0 Å². The van der Waals surface area contributed by atoms with Crippen molar-refractivity contribution in [3.05, 3.63) is 41.2 Å². The van der Waals surface area contributed by atoms with Gasteiger partial charge in [0.2, 0.25) is 0 Å². The van der Waals surface area contributed by atoms with Crippen LogP contribution in [0.1, 0.15) is 36.7 Å². The van der Waals surface area contributed by atoms with Gasteiger partial charge in [0.05, 0.1) is 10.4 Å². The number of rotatable bonds is 3. The molecule has 1 nitrogen and oxygen atoms in total. The van der Waals surface area contributed by atoms with Crippen LogP contribution in [0, 0.1) is 13.8 Å². The summed E-state index contributed by atoms with van der Waals surface area (Å²) >= 11 is 1.89. The Balaban J connectivity index is 2.30. The van der Waals surface area contributed by atoms with Crippen LogP contribution < -0.4 is 0 Å². The van der Waals surface area contributed by atoms with Crippen LogP contribution in [0.4, 0.5) is 0 Å². The molecule has 0 bridgehead atoms. The Morgan fingerprint density at radius 2 is 1.95 bits per heavy atom. The first-order valence-corrected chi connectivity index (χ1v) is 7.80. The average Bonchev–Trinajstić information content (AvgIpc) is 2.74. The van der Waals surface area contributed by atoms with Gasteiger partial charge in [-0.2, -0.15) is 0 Å². The van der Waals surface area contributed by atoms with E-state index in [0.717, 1.165) is 12.1 Å². The second kappa shape index (κ2) is 4.93. The number of thiophene rings is 1. The number of aryl methyl sites for hydroxylation is 3. The third kappa shape index (κ3) is 2.25. The molecule has 0 saturated carbocycles. The van der Waals surface area contributed by atoms with E-state index in [0.29, 0.717) is 0 Å². The highest BCUT2D eigenvalue weighted by atomic mass is 32.1. The summed E-state index contributed by atoms with van der Waals surface area (Å²) in [6, 6.07) is 8.98. The molecule has 0 saturated heterocycles. The van der Waals surface area contributed by atoms with E-state index in [-0.39, 0.29) is 0 Å². The van der Waals surface area contributed by atoms with Crippen LogP contribution in [0.3, 0.4) is 0 Å². The van der Waals surface area contributed by atoms with Crippen molar-refractivity contribution >= 4 is 31.5 Å². The molecule has 19 heavy (non-hydrogen) atoms. The minimum Gasteiger partial charge on any atom is -0.257 e. The molecule has 98 valence electrons. The van der Waals surface area contributed by atoms with Crippen molar-refractivity contribution < 1.29 is 0 Å². The van der Waals surface area contributed by atoms with Gasteiger partial charge in [-0.1, -0.05) is 25.0 Å². The van der Waals surface area contributed by atoms with Crippen molar-refractivity contribution in [2.45, 2.75) is 40.0 Å². The smallest absolute Gasteiger partial charge is 0.0585 e. The van der Waals surface area contributed by atoms with E-state index in [4.69, 9.17) is 4.98 Å². The quantitative estimate of drug-likeness (QED) is 0.619. The fourth-order valence-corrected chi connectivity index (χ4v) is 3.79. The fourth-order valence-electron chi connectivity index (χ4n) is 2.61. The predicted molar refractivity (Wildman–Crippen MR) is 85.2 cm³/mol. The van der Waals surface area contributed by atoms with Gasteiger partial charge in [-0.05, 0) is 44.9 Å². The second-order valence-electron chi connectivity index (χ2n) is 5.29. The Morgan fingerprint density at radius 1 is 1.11 bits per heavy atom. The Morgan fingerprint density at radius 3 is 2.74 bits per heavy atom. The molecule has 0 unspecified atom stereocenters. The van der Waals surface area contributed by atoms with Crippen molar-refractivity contribution in [2.75, 3.05) is 0 Å². The molecule has 0 radical (unpaired) electrons. The van der Waals surface area contributed by atoms with Crippen molar-refractivity contribution in [1.29, 1.82) is 0 Å². The Hall–Kier alpha value is -1.41. The number of unbranched alkanes of at least 4 members (excludes halogenated alkanes) is 1. The Labute approximate surface area is 118 Å². The number of nitrogens with zero attached hydrogens (tertiary/aromatic N) is 1. The summed E-state index contributed by atoms with van der Waals surface area (Å²) < 4.78 is 2.77. The van der Waals surface area contributed by atoms with Crippen LogP contribution in [0.25, 0.3) is 20.2 Å². The topological polar surface area (TPSA) is 12.9 Å². The summed E-state index contributed by atoms with van der Waals surface area (Å²) in [4.78, 5) is 4.77. The first kappa shape index (κ1) is 12.6. The molecule has 1 aromatic carbocycles. The number of hydrogen-bond donors (Lipinski definition) is 0. The lowest BCUT2D eigenvalue weighted by Crippen LogP contribution is -1.92. The van der Waals surface area contributed by atoms with Crippen LogP contribution >= 0.6 is 11.3 Å². The molecule has 0 aliphatic rings. The highest BCUT2D eigenvalue weighted by molar-refractivity contribution is 7.26. The molecule has 0 aliphatic carbocycles. The summed E-state index contributed by atoms with van der Waals surface area (Å²) in [6.07, 6.45) is 3.54. The SMILES string of the molecule is CCCCc1nc(C)cc2c1sc1ccc(C)cc12. The van der Waals surface area contributed by atoms with E-state index in [9.17, 15) is 0 Å². The van der Waals surface area contributed by atoms with E-state index in [1.54, 1.807) is 0 Å². The van der Waals surface area contributed by atoms with Gasteiger partial charge in [-0.25, -0.2) is 0 Å². The van der Waals surface area contributed by atoms with Crippen molar-refractivity contribution in [3.63, 3.8) is 0 Å². The normalized spacial score (nSPS) is 11.5. The van der Waals surface area contributed by atoms with E-state index in [1.807, 2.05) is 11.3 Å². The van der Waals surface area contributed by atoms with Crippen LogP contribution in [-0.4, -0.2) is 4.98 Å². The number of fused-ring (bicyclic) bond motifs is 3. The van der Waals surface area contributed by atoms with Gasteiger partial charge in [0.15, 0.2) is 0 Å². The summed E-state index contributed by atoms with van der Waals surface area (Å²) in [6.45, 7) is 6.50. The maximum absolute atomic E-state index is 4.77. The molecule has 3 aromatic rings. The predicted octanol–water partition coefficient (Wildman–Crippen LogP) is 5.41. The van der Waals surface area contributed by atoms with Crippen LogP contribution in [0.5, 0.6) is 0 Å². The fraction of sp³-hybridized carbons (Fsp3) is 0.353. The highest BCUT2D eigenvalue weighted by Gasteiger charge is 2.11. The molecule has 2 heteroatoms. The van der Waals surface area contributed by atoms with Crippen molar-refractivity contribution in [2.24, 2.45) is 0 Å². The molecule has 0 aliphatic heterocycles. The van der Waals surface area contributed by atoms with E-state index in [2.05, 4.69) is 45.0 Å². The second-order valence-corrected chi connectivity index (χ2v) is 6.34. The third-order valence-corrected chi connectivity index (χ3v) is 4.81. The maximum atomic E-state index is 4.77. The Kier molecular flexibility index (Phi) is 3.28. The van der Waals surface area contributed by atoms with E-state index in [1.165, 1.54) is 44.3 Å². The average molecular weight is 269 g/mol. The third-order valence-electron chi connectivity index (χ3n) is 3.58. The summed E-state index contributed by atoms with van der Waals surface area (Å²) in [5.74, 6) is 0. The molecular weight excluding hydrogens is 250 g/mol. The van der Waals surface area contributed by atoms with Gasteiger partial charge in [-0.15, -0.1) is 11.3 Å². The molecule has 0 fully saturated rings. The maximum Gasteiger partial charge on any atom is 0.0585 e. The molecule has 3 rings (SSSR count). The van der Waals surface area contributed by atoms with E-state index >= 15 is 0 Å². The van der Waals surface area contributed by atoms with Crippen LogP contribution in [0.15, 0.2) is 24.3 Å². The number of aromatic nitrogens is 1. The largest absolute Gasteiger partial charge is 0.257 e. The zero-order valence-corrected chi connectivity index (χ0v) is 12.6. The Bertz CT molecular complexity index is 740. The first-order chi connectivity index (χ1) is 9.19. The lowest BCUT2D eigenvalue weighted by molar-refractivity contribution is 0.780. The molecule has 0 amide bonds. The molecule has 0 spiro atoms. The minimum atomic E-state index is 1.10. The van der Waals surface area contributed by atoms with Gasteiger partial charge in [0, 0.05) is 21.2 Å². The molecule has 2 heterocycles. The molecule has 0 atom stereocenters. The summed E-state index contributed by atoms with van der Waals surface area (Å²) in [5.41, 5.74) is 3.76. The van der Waals surface area contributed by atoms with Crippen LogP contribution in [0.2, 0.25) is 0 Å². The van der Waals surface area contributed by atoms with Crippen molar-refractivity contribution in [1.82, 2.24) is 4.98 Å².